The summed E-state index contributed by atoms with van der Waals surface area (Å²) in [4.78, 5) is 13.9. The first kappa shape index (κ1) is 13.6. The standard InChI is InChI=1S/C16H21NO3/c1-20-10-15(11-6-7-11)17-8-12-4-2-3-5-13(12)14(9-17)16(18)19/h2-5,11,14-15H,6-10H2,1H3,(H,18,19). The normalized spacial score (nSPS) is 24.1. The number of hydrogen-bond acceptors (Lipinski definition) is 3. The number of rotatable bonds is 5. The molecule has 2 unspecified atom stereocenters. The summed E-state index contributed by atoms with van der Waals surface area (Å²) in [7, 11) is 1.72. The SMILES string of the molecule is COCC(C1CC1)N1Cc2ccccc2C(C(=O)O)C1. The van der Waals surface area contributed by atoms with E-state index >= 15 is 0 Å². The van der Waals surface area contributed by atoms with E-state index < -0.39 is 11.9 Å². The van der Waals surface area contributed by atoms with Crippen molar-refractivity contribution in [3.63, 3.8) is 0 Å². The maximum atomic E-state index is 11.6. The predicted molar refractivity (Wildman–Crippen MR) is 75.6 cm³/mol. The second-order valence-corrected chi connectivity index (χ2v) is 5.88. The quantitative estimate of drug-likeness (QED) is 0.894. The van der Waals surface area contributed by atoms with E-state index in [0.29, 0.717) is 25.1 Å². The average Bonchev–Trinajstić information content (AvgIpc) is 3.28. The van der Waals surface area contributed by atoms with Crippen LogP contribution in [0.1, 0.15) is 29.9 Å². The number of fused-ring (bicyclic) bond motifs is 1. The highest BCUT2D eigenvalue weighted by Gasteiger charge is 2.39. The van der Waals surface area contributed by atoms with Gasteiger partial charge in [-0.25, -0.2) is 0 Å². The van der Waals surface area contributed by atoms with E-state index in [1.165, 1.54) is 12.8 Å². The molecule has 1 N–H and O–H groups in total. The Hall–Kier alpha value is -1.39. The van der Waals surface area contributed by atoms with Gasteiger partial charge < -0.3 is 9.84 Å². The van der Waals surface area contributed by atoms with Crippen molar-refractivity contribution in [2.45, 2.75) is 31.3 Å². The average molecular weight is 275 g/mol. The summed E-state index contributed by atoms with van der Waals surface area (Å²) >= 11 is 0. The van der Waals surface area contributed by atoms with Crippen LogP contribution >= 0.6 is 0 Å². The Morgan fingerprint density at radius 1 is 1.45 bits per heavy atom. The molecular weight excluding hydrogens is 254 g/mol. The van der Waals surface area contributed by atoms with E-state index in [4.69, 9.17) is 4.74 Å². The lowest BCUT2D eigenvalue weighted by Crippen LogP contribution is -2.46. The molecule has 0 saturated heterocycles. The third-order valence-corrected chi connectivity index (χ3v) is 4.49. The highest BCUT2D eigenvalue weighted by atomic mass is 16.5. The zero-order chi connectivity index (χ0) is 14.1. The Kier molecular flexibility index (Phi) is 3.76. The van der Waals surface area contributed by atoms with Crippen molar-refractivity contribution in [1.82, 2.24) is 4.90 Å². The van der Waals surface area contributed by atoms with Gasteiger partial charge >= 0.3 is 5.97 Å². The van der Waals surface area contributed by atoms with E-state index in [0.717, 1.165) is 17.7 Å². The number of ether oxygens (including phenoxy) is 1. The number of methoxy groups -OCH3 is 1. The van der Waals surface area contributed by atoms with Gasteiger partial charge in [0.2, 0.25) is 0 Å². The Morgan fingerprint density at radius 3 is 2.85 bits per heavy atom. The fourth-order valence-corrected chi connectivity index (χ4v) is 3.29. The summed E-state index contributed by atoms with van der Waals surface area (Å²) in [5.41, 5.74) is 2.12. The predicted octanol–water partition coefficient (Wildman–Crippen LogP) is 2.10. The van der Waals surface area contributed by atoms with Crippen molar-refractivity contribution >= 4 is 5.97 Å². The first-order valence-electron chi connectivity index (χ1n) is 7.24. The minimum Gasteiger partial charge on any atom is -0.481 e. The fourth-order valence-electron chi connectivity index (χ4n) is 3.29. The molecule has 0 aromatic heterocycles. The lowest BCUT2D eigenvalue weighted by Gasteiger charge is -2.38. The zero-order valence-corrected chi connectivity index (χ0v) is 11.8. The van der Waals surface area contributed by atoms with Gasteiger partial charge in [0.05, 0.1) is 12.5 Å². The molecule has 1 aliphatic heterocycles. The molecule has 3 rings (SSSR count). The van der Waals surface area contributed by atoms with Crippen LogP contribution in [-0.4, -0.2) is 42.3 Å². The van der Waals surface area contributed by atoms with Crippen LogP contribution in [0.2, 0.25) is 0 Å². The van der Waals surface area contributed by atoms with E-state index in [9.17, 15) is 9.90 Å². The van der Waals surface area contributed by atoms with E-state index in [2.05, 4.69) is 4.90 Å². The maximum Gasteiger partial charge on any atom is 0.312 e. The second-order valence-electron chi connectivity index (χ2n) is 5.88. The number of carboxylic acids is 1. The summed E-state index contributed by atoms with van der Waals surface area (Å²) in [6.45, 7) is 2.13. The molecule has 1 saturated carbocycles. The lowest BCUT2D eigenvalue weighted by molar-refractivity contribution is -0.140. The van der Waals surface area contributed by atoms with Crippen molar-refractivity contribution in [1.29, 1.82) is 0 Å². The monoisotopic (exact) mass is 275 g/mol. The summed E-state index contributed by atoms with van der Waals surface area (Å²) in [5, 5.41) is 9.51. The number of aliphatic carboxylic acids is 1. The topological polar surface area (TPSA) is 49.8 Å². The number of hydrogen-bond donors (Lipinski definition) is 1. The summed E-state index contributed by atoms with van der Waals surface area (Å²) in [5.74, 6) is -0.471. The van der Waals surface area contributed by atoms with Gasteiger partial charge in [-0.15, -0.1) is 0 Å². The molecule has 2 aliphatic rings. The Bertz CT molecular complexity index is 498. The summed E-state index contributed by atoms with van der Waals surface area (Å²) in [6.07, 6.45) is 2.48. The van der Waals surface area contributed by atoms with Crippen LogP contribution in [0.4, 0.5) is 0 Å². The van der Waals surface area contributed by atoms with Gasteiger partial charge in [-0.1, -0.05) is 24.3 Å². The zero-order valence-electron chi connectivity index (χ0n) is 11.8. The number of benzene rings is 1. The van der Waals surface area contributed by atoms with Crippen LogP contribution in [0.5, 0.6) is 0 Å². The molecule has 2 atom stereocenters. The molecule has 1 aromatic carbocycles. The minimum atomic E-state index is -0.728. The highest BCUT2D eigenvalue weighted by Crippen LogP contribution is 2.39. The molecule has 4 heteroatoms. The number of carbonyl (C=O) groups is 1. The van der Waals surface area contributed by atoms with Crippen LogP contribution < -0.4 is 0 Å². The van der Waals surface area contributed by atoms with E-state index in [1.807, 2.05) is 24.3 Å². The van der Waals surface area contributed by atoms with Gasteiger partial charge in [-0.05, 0) is 29.9 Å². The summed E-state index contributed by atoms with van der Waals surface area (Å²) < 4.78 is 5.35. The number of nitrogens with zero attached hydrogens (tertiary/aromatic N) is 1. The van der Waals surface area contributed by atoms with Crippen molar-refractivity contribution in [2.75, 3.05) is 20.3 Å². The van der Waals surface area contributed by atoms with Gasteiger partial charge in [0, 0.05) is 26.2 Å². The number of carboxylic acid groups (broad SMARTS) is 1. The molecule has 4 nitrogen and oxygen atoms in total. The van der Waals surface area contributed by atoms with Crippen LogP contribution in [0.15, 0.2) is 24.3 Å². The second kappa shape index (κ2) is 5.54. The van der Waals surface area contributed by atoms with Gasteiger partial charge in [0.1, 0.15) is 0 Å². The molecule has 0 bridgehead atoms. The molecule has 20 heavy (non-hydrogen) atoms. The largest absolute Gasteiger partial charge is 0.481 e. The van der Waals surface area contributed by atoms with E-state index in [1.54, 1.807) is 7.11 Å². The van der Waals surface area contributed by atoms with Crippen molar-refractivity contribution in [3.8, 4) is 0 Å². The molecule has 1 heterocycles. The van der Waals surface area contributed by atoms with E-state index in [-0.39, 0.29) is 0 Å². The third kappa shape index (κ3) is 2.58. The molecule has 1 fully saturated rings. The maximum absolute atomic E-state index is 11.6. The van der Waals surface area contributed by atoms with Gasteiger partial charge in [-0.2, -0.15) is 0 Å². The van der Waals surface area contributed by atoms with Gasteiger partial charge in [0.25, 0.3) is 0 Å². The molecule has 1 aromatic rings. The Morgan fingerprint density at radius 2 is 2.20 bits per heavy atom. The van der Waals surface area contributed by atoms with Crippen LogP contribution in [0, 0.1) is 5.92 Å². The van der Waals surface area contributed by atoms with Crippen LogP contribution in [0.25, 0.3) is 0 Å². The van der Waals surface area contributed by atoms with Crippen LogP contribution in [-0.2, 0) is 16.1 Å². The van der Waals surface area contributed by atoms with Crippen LogP contribution in [0.3, 0.4) is 0 Å². The molecule has 1 aliphatic carbocycles. The Balaban J connectivity index is 1.87. The first-order chi connectivity index (χ1) is 9.70. The van der Waals surface area contributed by atoms with Crippen molar-refractivity contribution < 1.29 is 14.6 Å². The van der Waals surface area contributed by atoms with Crippen molar-refractivity contribution in [2.24, 2.45) is 5.92 Å². The summed E-state index contributed by atoms with van der Waals surface area (Å²) in [6, 6.07) is 8.28. The first-order valence-corrected chi connectivity index (χ1v) is 7.24. The Labute approximate surface area is 119 Å². The molecular formula is C16H21NO3. The third-order valence-electron chi connectivity index (χ3n) is 4.49. The smallest absolute Gasteiger partial charge is 0.312 e. The highest BCUT2D eigenvalue weighted by molar-refractivity contribution is 5.77. The molecule has 108 valence electrons. The fraction of sp³-hybridized carbons (Fsp3) is 0.562. The van der Waals surface area contributed by atoms with Crippen molar-refractivity contribution in [3.05, 3.63) is 35.4 Å². The minimum absolute atomic E-state index is 0.357. The van der Waals surface area contributed by atoms with Gasteiger partial charge in [-0.3, -0.25) is 9.69 Å². The molecule has 0 radical (unpaired) electrons. The lowest BCUT2D eigenvalue weighted by atomic mass is 9.88. The van der Waals surface area contributed by atoms with Gasteiger partial charge in [0.15, 0.2) is 0 Å². The molecule has 0 spiro atoms. The molecule has 0 amide bonds.